The van der Waals surface area contributed by atoms with Gasteiger partial charge in [-0.1, -0.05) is 31.5 Å². The van der Waals surface area contributed by atoms with Crippen LogP contribution in [0, 0.1) is 5.92 Å². The SMILES string of the molecule is CCCCN(C(=O)CN1C[C@H](c2ccc3c(c2)OCO3)C(C(=O)O)[C@@H]1CCc1nccn1C)c1cccc(C[N+](C)(C)C)c1. The Kier molecular flexibility index (Phi) is 9.60. The van der Waals surface area contributed by atoms with E-state index in [1.54, 1.807) is 6.20 Å². The molecule has 3 atom stereocenters. The fourth-order valence-corrected chi connectivity index (χ4v) is 6.59. The van der Waals surface area contributed by atoms with Crippen molar-refractivity contribution in [2.24, 2.45) is 13.0 Å². The van der Waals surface area contributed by atoms with Gasteiger partial charge in [-0.15, -0.1) is 0 Å². The molecular formula is C34H46N5O5+. The van der Waals surface area contributed by atoms with E-state index in [4.69, 9.17) is 9.47 Å². The average molecular weight is 605 g/mol. The monoisotopic (exact) mass is 604 g/mol. The molecule has 10 heteroatoms. The molecule has 1 N–H and O–H groups in total. The zero-order valence-corrected chi connectivity index (χ0v) is 26.6. The van der Waals surface area contributed by atoms with Crippen molar-refractivity contribution in [3.8, 4) is 11.5 Å². The Morgan fingerprint density at radius 2 is 1.91 bits per heavy atom. The van der Waals surface area contributed by atoms with Crippen LogP contribution < -0.4 is 14.4 Å². The lowest BCUT2D eigenvalue weighted by Gasteiger charge is -2.30. The molecule has 236 valence electrons. The number of imidazole rings is 1. The molecule has 1 unspecified atom stereocenters. The third-order valence-electron chi connectivity index (χ3n) is 8.70. The Morgan fingerprint density at radius 1 is 1.11 bits per heavy atom. The van der Waals surface area contributed by atoms with Crippen LogP contribution in [0.5, 0.6) is 11.5 Å². The number of aromatic nitrogens is 2. The van der Waals surface area contributed by atoms with Crippen LogP contribution >= 0.6 is 0 Å². The summed E-state index contributed by atoms with van der Waals surface area (Å²) in [5.41, 5.74) is 2.95. The van der Waals surface area contributed by atoms with Crippen molar-refractivity contribution in [3.63, 3.8) is 0 Å². The maximum Gasteiger partial charge on any atom is 0.308 e. The normalized spacial score (nSPS) is 19.8. The first-order chi connectivity index (χ1) is 21.0. The molecule has 1 fully saturated rings. The van der Waals surface area contributed by atoms with E-state index in [1.807, 2.05) is 53.0 Å². The lowest BCUT2D eigenvalue weighted by Crippen LogP contribution is -2.45. The topological polar surface area (TPSA) is 97.1 Å². The number of carboxylic acids is 1. The number of unbranched alkanes of at least 4 members (excludes halogenated alkanes) is 1. The largest absolute Gasteiger partial charge is 0.481 e. The second-order valence-electron chi connectivity index (χ2n) is 13.1. The number of carbonyl (C=O) groups excluding carboxylic acids is 1. The van der Waals surface area contributed by atoms with Gasteiger partial charge in [0.2, 0.25) is 12.7 Å². The first kappa shape index (κ1) is 31.5. The molecule has 2 aliphatic heterocycles. The smallest absolute Gasteiger partial charge is 0.308 e. The van der Waals surface area contributed by atoms with Crippen LogP contribution in [-0.4, -0.2) is 89.5 Å². The number of fused-ring (bicyclic) bond motifs is 1. The molecule has 0 radical (unpaired) electrons. The number of carboxylic acid groups (broad SMARTS) is 1. The fraction of sp³-hybridized carbons (Fsp3) is 0.500. The summed E-state index contributed by atoms with van der Waals surface area (Å²) in [4.78, 5) is 35.6. The quantitative estimate of drug-likeness (QED) is 0.291. The van der Waals surface area contributed by atoms with E-state index < -0.39 is 11.9 Å². The molecule has 0 spiro atoms. The number of nitrogens with zero attached hydrogens (tertiary/aromatic N) is 5. The molecule has 3 heterocycles. The number of quaternary nitrogens is 1. The minimum atomic E-state index is -0.858. The number of likely N-dealkylation sites (tertiary alicyclic amines) is 1. The number of ether oxygens (including phenoxy) is 2. The number of benzene rings is 2. The molecule has 2 aliphatic rings. The first-order valence-electron chi connectivity index (χ1n) is 15.6. The third kappa shape index (κ3) is 7.25. The molecule has 0 saturated carbocycles. The van der Waals surface area contributed by atoms with Gasteiger partial charge in [0.1, 0.15) is 12.4 Å². The molecule has 2 aromatic carbocycles. The Bertz CT molecular complexity index is 1460. The number of amides is 1. The van der Waals surface area contributed by atoms with Crippen LogP contribution in [-0.2, 0) is 29.6 Å². The van der Waals surface area contributed by atoms with Gasteiger partial charge in [-0.3, -0.25) is 14.5 Å². The first-order valence-corrected chi connectivity index (χ1v) is 15.6. The van der Waals surface area contributed by atoms with Gasteiger partial charge in [0.25, 0.3) is 0 Å². The molecule has 3 aromatic rings. The van der Waals surface area contributed by atoms with E-state index in [2.05, 4.69) is 50.1 Å². The maximum atomic E-state index is 14.2. The number of aryl methyl sites for hydroxylation is 2. The Morgan fingerprint density at radius 3 is 2.61 bits per heavy atom. The van der Waals surface area contributed by atoms with Crippen LogP contribution in [0.2, 0.25) is 0 Å². The van der Waals surface area contributed by atoms with E-state index in [1.165, 1.54) is 5.56 Å². The van der Waals surface area contributed by atoms with E-state index >= 15 is 0 Å². The molecule has 0 bridgehead atoms. The summed E-state index contributed by atoms with van der Waals surface area (Å²) < 4.78 is 13.9. The predicted octanol–water partition coefficient (Wildman–Crippen LogP) is 4.29. The second kappa shape index (κ2) is 13.4. The number of carbonyl (C=O) groups is 2. The number of anilines is 1. The standard InChI is InChI=1S/C34H45N5O5/c1-6-7-16-38(26-10-8-9-24(18-26)22-39(3,4)5)32(40)21-37-20-27(25-11-13-29-30(19-25)44-23-43-29)33(34(41)42)28(37)12-14-31-35-15-17-36(31)2/h8-11,13,15,17-19,27-28,33H,6-7,12,14,16,20-23H2,1-5H3/p+1/t27-,28+,33?/m1/s1. The zero-order chi connectivity index (χ0) is 31.4. The van der Waals surface area contributed by atoms with Crippen molar-refractivity contribution < 1.29 is 28.7 Å². The zero-order valence-electron chi connectivity index (χ0n) is 26.6. The van der Waals surface area contributed by atoms with E-state index in [0.717, 1.165) is 40.9 Å². The van der Waals surface area contributed by atoms with E-state index in [9.17, 15) is 14.7 Å². The Labute approximate surface area is 260 Å². The van der Waals surface area contributed by atoms with Crippen molar-refractivity contribution in [1.29, 1.82) is 0 Å². The fourth-order valence-electron chi connectivity index (χ4n) is 6.59. The summed E-state index contributed by atoms with van der Waals surface area (Å²) in [5.74, 6) is 0.312. The highest BCUT2D eigenvalue weighted by atomic mass is 16.7. The number of aliphatic carboxylic acids is 1. The van der Waals surface area contributed by atoms with Crippen LogP contribution in [0.15, 0.2) is 54.9 Å². The molecule has 44 heavy (non-hydrogen) atoms. The van der Waals surface area contributed by atoms with Gasteiger partial charge in [-0.05, 0) is 42.7 Å². The average Bonchev–Trinajstić information content (AvgIpc) is 3.69. The van der Waals surface area contributed by atoms with Crippen LogP contribution in [0.1, 0.15) is 49.1 Å². The van der Waals surface area contributed by atoms with Crippen molar-refractivity contribution in [2.45, 2.75) is 51.1 Å². The summed E-state index contributed by atoms with van der Waals surface area (Å²) in [5, 5.41) is 10.6. The Hall–Kier alpha value is -3.89. The Balaban J connectivity index is 1.44. The van der Waals surface area contributed by atoms with Gasteiger partial charge >= 0.3 is 5.97 Å². The second-order valence-corrected chi connectivity index (χ2v) is 13.1. The van der Waals surface area contributed by atoms with Crippen LogP contribution in [0.3, 0.4) is 0 Å². The van der Waals surface area contributed by atoms with Crippen molar-refractivity contribution in [1.82, 2.24) is 14.5 Å². The number of hydrogen-bond acceptors (Lipinski definition) is 6. The highest BCUT2D eigenvalue weighted by Gasteiger charge is 2.47. The maximum absolute atomic E-state index is 14.2. The van der Waals surface area contributed by atoms with Gasteiger partial charge in [-0.2, -0.15) is 0 Å². The van der Waals surface area contributed by atoms with E-state index in [-0.39, 0.29) is 31.2 Å². The molecule has 5 rings (SSSR count). The number of rotatable bonds is 13. The summed E-state index contributed by atoms with van der Waals surface area (Å²) in [6.45, 7) is 4.33. The van der Waals surface area contributed by atoms with Crippen LogP contribution in [0.25, 0.3) is 0 Å². The summed E-state index contributed by atoms with van der Waals surface area (Å²) in [7, 11) is 8.41. The molecule has 10 nitrogen and oxygen atoms in total. The van der Waals surface area contributed by atoms with Gasteiger partial charge in [-0.25, -0.2) is 4.98 Å². The molecule has 1 aromatic heterocycles. The third-order valence-corrected chi connectivity index (χ3v) is 8.70. The lowest BCUT2D eigenvalue weighted by atomic mass is 9.83. The van der Waals surface area contributed by atoms with Gasteiger partial charge < -0.3 is 28.5 Å². The van der Waals surface area contributed by atoms with Gasteiger partial charge in [0.15, 0.2) is 11.5 Å². The number of hydrogen-bond donors (Lipinski definition) is 1. The minimum absolute atomic E-state index is 0.0154. The van der Waals surface area contributed by atoms with E-state index in [0.29, 0.717) is 37.4 Å². The molecular weight excluding hydrogens is 558 g/mol. The van der Waals surface area contributed by atoms with Gasteiger partial charge in [0, 0.05) is 62.2 Å². The van der Waals surface area contributed by atoms with Crippen molar-refractivity contribution >= 4 is 17.6 Å². The summed E-state index contributed by atoms with van der Waals surface area (Å²) in [6, 6.07) is 13.6. The highest BCUT2D eigenvalue weighted by Crippen LogP contribution is 2.43. The van der Waals surface area contributed by atoms with Crippen molar-refractivity contribution in [2.75, 3.05) is 52.5 Å². The molecule has 1 amide bonds. The summed E-state index contributed by atoms with van der Waals surface area (Å²) >= 11 is 0. The van der Waals surface area contributed by atoms with Gasteiger partial charge in [0.05, 0.1) is 33.6 Å². The van der Waals surface area contributed by atoms with Crippen LogP contribution in [0.4, 0.5) is 5.69 Å². The predicted molar refractivity (Wildman–Crippen MR) is 169 cm³/mol. The highest BCUT2D eigenvalue weighted by molar-refractivity contribution is 5.95. The van der Waals surface area contributed by atoms with Crippen molar-refractivity contribution in [3.05, 3.63) is 71.8 Å². The minimum Gasteiger partial charge on any atom is -0.481 e. The molecule has 1 saturated heterocycles. The molecule has 0 aliphatic carbocycles. The summed E-state index contributed by atoms with van der Waals surface area (Å²) in [6.07, 6.45) is 6.69. The lowest BCUT2D eigenvalue weighted by molar-refractivity contribution is -0.884.